The van der Waals surface area contributed by atoms with Gasteiger partial charge in [0, 0.05) is 5.56 Å². The normalized spacial score (nSPS) is 12.5. The van der Waals surface area contributed by atoms with Gasteiger partial charge < -0.3 is 24.8 Å². The summed E-state index contributed by atoms with van der Waals surface area (Å²) in [5, 5.41) is 7.28. The molecule has 3 rings (SSSR count). The molecule has 2 N–H and O–H groups in total. The number of thiophene rings is 1. The van der Waals surface area contributed by atoms with Crippen LogP contribution in [0.1, 0.15) is 58.9 Å². The number of carbonyl (C=O) groups is 4. The summed E-state index contributed by atoms with van der Waals surface area (Å²) >= 11 is 1.24. The average Bonchev–Trinajstić information content (AvgIpc) is 3.57. The molecular weight excluding hydrogens is 448 g/mol. The zero-order valence-corrected chi connectivity index (χ0v) is 19.3. The Kier molecular flexibility index (Phi) is 8.42. The molecule has 0 atom stereocenters. The summed E-state index contributed by atoms with van der Waals surface area (Å²) < 4.78 is 15.4. The van der Waals surface area contributed by atoms with Crippen molar-refractivity contribution in [2.75, 3.05) is 31.7 Å². The minimum atomic E-state index is -0.764. The first-order chi connectivity index (χ1) is 15.9. The standard InChI is InChI=1S/C23H26N2O7S/c1-3-30-16-9-7-15(8-10-16)21(28)24-11-19(27)32-12-18(26)25-22-20(23(29)31-4-2)17(13-33-22)14-5-6-14/h7-10,13-14H,3-6,11-12H2,1-2H3,(H,24,28)(H,25,26). The molecule has 2 amide bonds. The third-order valence-corrected chi connectivity index (χ3v) is 5.67. The van der Waals surface area contributed by atoms with Crippen molar-refractivity contribution < 1.29 is 33.4 Å². The number of hydrogen-bond acceptors (Lipinski definition) is 8. The van der Waals surface area contributed by atoms with Crippen LogP contribution in [0.4, 0.5) is 5.00 Å². The van der Waals surface area contributed by atoms with Crippen LogP contribution in [0.2, 0.25) is 0 Å². The molecular formula is C23H26N2O7S. The van der Waals surface area contributed by atoms with Crippen LogP contribution in [-0.2, 0) is 19.1 Å². The molecule has 1 heterocycles. The molecule has 1 saturated carbocycles. The number of benzene rings is 1. The molecule has 0 radical (unpaired) electrons. The van der Waals surface area contributed by atoms with E-state index in [1.807, 2.05) is 12.3 Å². The molecule has 2 aromatic rings. The van der Waals surface area contributed by atoms with Gasteiger partial charge in [0.2, 0.25) is 0 Å². The Labute approximate surface area is 195 Å². The second-order valence-electron chi connectivity index (χ2n) is 7.24. The van der Waals surface area contributed by atoms with Crippen LogP contribution >= 0.6 is 11.3 Å². The first-order valence-electron chi connectivity index (χ1n) is 10.7. The first-order valence-corrected chi connectivity index (χ1v) is 11.6. The summed E-state index contributed by atoms with van der Waals surface area (Å²) in [6, 6.07) is 6.48. The molecule has 1 aromatic heterocycles. The number of amides is 2. The van der Waals surface area contributed by atoms with E-state index in [0.29, 0.717) is 34.4 Å². The lowest BCUT2D eigenvalue weighted by Crippen LogP contribution is -2.32. The molecule has 1 fully saturated rings. The highest BCUT2D eigenvalue weighted by Crippen LogP contribution is 2.46. The molecule has 1 aromatic carbocycles. The molecule has 1 aliphatic carbocycles. The SMILES string of the molecule is CCOC(=O)c1c(C2CC2)csc1NC(=O)COC(=O)CNC(=O)c1ccc(OCC)cc1. The van der Waals surface area contributed by atoms with E-state index >= 15 is 0 Å². The van der Waals surface area contributed by atoms with Crippen molar-refractivity contribution in [2.24, 2.45) is 0 Å². The van der Waals surface area contributed by atoms with Crippen molar-refractivity contribution in [1.29, 1.82) is 0 Å². The molecule has 9 nitrogen and oxygen atoms in total. The summed E-state index contributed by atoms with van der Waals surface area (Å²) in [5.74, 6) is -1.34. The quantitative estimate of drug-likeness (QED) is 0.480. The van der Waals surface area contributed by atoms with Gasteiger partial charge >= 0.3 is 11.9 Å². The topological polar surface area (TPSA) is 120 Å². The van der Waals surface area contributed by atoms with Crippen LogP contribution in [0, 0.1) is 0 Å². The molecule has 0 spiro atoms. The number of carbonyl (C=O) groups excluding carboxylic acids is 4. The van der Waals surface area contributed by atoms with Crippen LogP contribution in [0.5, 0.6) is 5.75 Å². The fraction of sp³-hybridized carbons (Fsp3) is 0.391. The van der Waals surface area contributed by atoms with Gasteiger partial charge in [-0.15, -0.1) is 11.3 Å². The maximum atomic E-state index is 12.3. The summed E-state index contributed by atoms with van der Waals surface area (Å²) in [4.78, 5) is 48.7. The number of ether oxygens (including phenoxy) is 3. The Morgan fingerprint density at radius 3 is 2.39 bits per heavy atom. The predicted molar refractivity (Wildman–Crippen MR) is 122 cm³/mol. The Morgan fingerprint density at radius 1 is 1.03 bits per heavy atom. The molecule has 33 heavy (non-hydrogen) atoms. The van der Waals surface area contributed by atoms with Crippen LogP contribution in [0.15, 0.2) is 29.6 Å². The smallest absolute Gasteiger partial charge is 0.341 e. The van der Waals surface area contributed by atoms with Crippen molar-refractivity contribution >= 4 is 40.1 Å². The highest BCUT2D eigenvalue weighted by molar-refractivity contribution is 7.15. The minimum Gasteiger partial charge on any atom is -0.494 e. The lowest BCUT2D eigenvalue weighted by Gasteiger charge is -2.09. The van der Waals surface area contributed by atoms with Crippen molar-refractivity contribution in [1.82, 2.24) is 5.32 Å². The number of anilines is 1. The summed E-state index contributed by atoms with van der Waals surface area (Å²) in [5.41, 5.74) is 1.61. The first kappa shape index (κ1) is 24.2. The van der Waals surface area contributed by atoms with Crippen LogP contribution in [0.25, 0.3) is 0 Å². The zero-order chi connectivity index (χ0) is 23.8. The molecule has 176 valence electrons. The molecule has 0 unspecified atom stereocenters. The average molecular weight is 475 g/mol. The summed E-state index contributed by atoms with van der Waals surface area (Å²) in [7, 11) is 0. The van der Waals surface area contributed by atoms with E-state index in [2.05, 4.69) is 10.6 Å². The van der Waals surface area contributed by atoms with Gasteiger partial charge in [0.15, 0.2) is 6.61 Å². The zero-order valence-electron chi connectivity index (χ0n) is 18.5. The summed E-state index contributed by atoms with van der Waals surface area (Å²) in [6.07, 6.45) is 1.99. The van der Waals surface area contributed by atoms with Gasteiger partial charge in [-0.25, -0.2) is 4.79 Å². The van der Waals surface area contributed by atoms with Crippen LogP contribution in [0.3, 0.4) is 0 Å². The van der Waals surface area contributed by atoms with Gasteiger partial charge in [0.25, 0.3) is 11.8 Å². The van der Waals surface area contributed by atoms with Gasteiger partial charge in [-0.2, -0.15) is 0 Å². The molecule has 10 heteroatoms. The predicted octanol–water partition coefficient (Wildman–Crippen LogP) is 3.11. The van der Waals surface area contributed by atoms with Crippen molar-refractivity contribution in [2.45, 2.75) is 32.6 Å². The fourth-order valence-corrected chi connectivity index (χ4v) is 4.10. The third kappa shape index (κ3) is 6.79. The highest BCUT2D eigenvalue weighted by atomic mass is 32.1. The largest absolute Gasteiger partial charge is 0.494 e. The van der Waals surface area contributed by atoms with E-state index in [1.165, 1.54) is 11.3 Å². The number of esters is 2. The van der Waals surface area contributed by atoms with Gasteiger partial charge in [-0.3, -0.25) is 14.4 Å². The number of hydrogen-bond donors (Lipinski definition) is 2. The second-order valence-corrected chi connectivity index (χ2v) is 8.12. The number of rotatable bonds is 11. The molecule has 0 aliphatic heterocycles. The Hall–Kier alpha value is -3.40. The maximum absolute atomic E-state index is 12.3. The van der Waals surface area contributed by atoms with Crippen molar-refractivity contribution in [3.63, 3.8) is 0 Å². The molecule has 0 saturated heterocycles. The Morgan fingerprint density at radius 2 is 1.76 bits per heavy atom. The summed E-state index contributed by atoms with van der Waals surface area (Å²) in [6.45, 7) is 3.38. The van der Waals surface area contributed by atoms with E-state index in [1.54, 1.807) is 31.2 Å². The highest BCUT2D eigenvalue weighted by Gasteiger charge is 2.32. The van der Waals surface area contributed by atoms with E-state index < -0.39 is 36.9 Å². The van der Waals surface area contributed by atoms with Gasteiger partial charge in [0.1, 0.15) is 17.3 Å². The minimum absolute atomic E-state index is 0.228. The maximum Gasteiger partial charge on any atom is 0.341 e. The van der Waals surface area contributed by atoms with Gasteiger partial charge in [-0.05, 0) is 67.8 Å². The van der Waals surface area contributed by atoms with Crippen LogP contribution < -0.4 is 15.4 Å². The van der Waals surface area contributed by atoms with Crippen molar-refractivity contribution in [3.8, 4) is 5.75 Å². The number of nitrogens with one attached hydrogen (secondary N) is 2. The lowest BCUT2D eigenvalue weighted by molar-refractivity contribution is -0.146. The molecule has 0 bridgehead atoms. The monoisotopic (exact) mass is 474 g/mol. The molecule has 1 aliphatic rings. The van der Waals surface area contributed by atoms with Gasteiger partial charge in [0.05, 0.1) is 18.8 Å². The lowest BCUT2D eigenvalue weighted by atomic mass is 10.1. The fourth-order valence-electron chi connectivity index (χ4n) is 3.06. The van der Waals surface area contributed by atoms with E-state index in [9.17, 15) is 19.2 Å². The Bertz CT molecular complexity index is 1010. The Balaban J connectivity index is 1.46. The van der Waals surface area contributed by atoms with E-state index in [0.717, 1.165) is 18.4 Å². The van der Waals surface area contributed by atoms with Gasteiger partial charge in [-0.1, -0.05) is 0 Å². The van der Waals surface area contributed by atoms with Crippen molar-refractivity contribution in [3.05, 3.63) is 46.3 Å². The van der Waals surface area contributed by atoms with E-state index in [-0.39, 0.29) is 6.61 Å². The van der Waals surface area contributed by atoms with E-state index in [4.69, 9.17) is 14.2 Å². The second kappa shape index (κ2) is 11.5. The van der Waals surface area contributed by atoms with Crippen LogP contribution in [-0.4, -0.2) is 50.1 Å². The third-order valence-electron chi connectivity index (χ3n) is 4.75.